The number of methoxy groups -OCH3 is 5. The SMILES string of the molecule is COc1cccc(S(=O)(=O)Nc2cc(OC)c3cc2C[C@H]2c4c(cc(OC)c(OC)c4Oc4cc5c(cc4OC)CCN(C)[C@H]5Cc4ccc(cc4)O3)CCN2C)c1. The summed E-state index contributed by atoms with van der Waals surface area (Å²) in [5.41, 5.74) is 6.46. The monoisotopic (exact) mass is 807 g/mol. The van der Waals surface area contributed by atoms with Crippen LogP contribution in [0, 0.1) is 0 Å². The van der Waals surface area contributed by atoms with Gasteiger partial charge < -0.3 is 33.2 Å². The Bertz CT molecular complexity index is 2460. The molecule has 0 aromatic heterocycles. The minimum Gasteiger partial charge on any atom is -0.497 e. The smallest absolute Gasteiger partial charge is 0.262 e. The maximum Gasteiger partial charge on any atom is 0.262 e. The molecule has 4 heterocycles. The molecule has 13 heteroatoms. The third-order valence-corrected chi connectivity index (χ3v) is 13.0. The standard InChI is InChI=1S/C45H49N3O9S/c1-47-17-15-28-21-38(52-4)41-25-34(28)36(47)19-27-11-13-31(14-12-27)56-40-23-30(35(26-39(40)53-5)46-58(49,50)33-10-8-9-32(24-33)51-3)20-37-43-29(16-18-48(37)2)22-42(54-6)44(55-7)45(43)57-41/h8-14,21-26,36-37,46H,15-20H2,1-7H3/t36-,37-/m0/s1. The van der Waals surface area contributed by atoms with Crippen molar-refractivity contribution in [3.63, 3.8) is 0 Å². The summed E-state index contributed by atoms with van der Waals surface area (Å²) < 4.78 is 73.9. The van der Waals surface area contributed by atoms with Gasteiger partial charge in [0.2, 0.25) is 5.75 Å². The third kappa shape index (κ3) is 7.34. The third-order valence-electron chi connectivity index (χ3n) is 11.6. The topological polar surface area (TPSA) is 117 Å². The number of sulfonamides is 1. The zero-order chi connectivity index (χ0) is 40.7. The summed E-state index contributed by atoms with van der Waals surface area (Å²) in [7, 11) is 8.06. The molecule has 0 aliphatic carbocycles. The normalized spacial score (nSPS) is 17.8. The molecule has 304 valence electrons. The molecule has 0 unspecified atom stereocenters. The van der Waals surface area contributed by atoms with E-state index in [1.807, 2.05) is 24.3 Å². The highest BCUT2D eigenvalue weighted by Crippen LogP contribution is 2.52. The molecule has 9 rings (SSSR count). The van der Waals surface area contributed by atoms with E-state index in [9.17, 15) is 8.42 Å². The lowest BCUT2D eigenvalue weighted by Crippen LogP contribution is -2.34. The molecule has 5 aromatic rings. The van der Waals surface area contributed by atoms with E-state index < -0.39 is 10.0 Å². The van der Waals surface area contributed by atoms with Crippen molar-refractivity contribution >= 4 is 15.7 Å². The van der Waals surface area contributed by atoms with Crippen LogP contribution in [-0.4, -0.2) is 81.0 Å². The summed E-state index contributed by atoms with van der Waals surface area (Å²) in [5.74, 6) is 4.52. The van der Waals surface area contributed by atoms with E-state index in [1.54, 1.807) is 39.5 Å². The number of nitrogens with zero attached hydrogens (tertiary/aromatic N) is 2. The second-order valence-electron chi connectivity index (χ2n) is 14.9. The Morgan fingerprint density at radius 1 is 0.655 bits per heavy atom. The summed E-state index contributed by atoms with van der Waals surface area (Å²) >= 11 is 0. The van der Waals surface area contributed by atoms with Crippen molar-refractivity contribution in [3.05, 3.63) is 112 Å². The first kappa shape index (κ1) is 39.2. The number of hydrogen-bond donors (Lipinski definition) is 1. The quantitative estimate of drug-likeness (QED) is 0.165. The van der Waals surface area contributed by atoms with Gasteiger partial charge in [0.25, 0.3) is 10.0 Å². The van der Waals surface area contributed by atoms with Gasteiger partial charge in [0.1, 0.15) is 11.5 Å². The van der Waals surface area contributed by atoms with Gasteiger partial charge in [-0.2, -0.15) is 0 Å². The number of rotatable bonds is 8. The average molecular weight is 808 g/mol. The first-order valence-electron chi connectivity index (χ1n) is 19.3. The van der Waals surface area contributed by atoms with Gasteiger partial charge in [-0.1, -0.05) is 18.2 Å². The number of hydrogen-bond acceptors (Lipinski definition) is 11. The first-order chi connectivity index (χ1) is 28.0. The van der Waals surface area contributed by atoms with Gasteiger partial charge in [-0.15, -0.1) is 0 Å². The predicted molar refractivity (Wildman–Crippen MR) is 221 cm³/mol. The minimum atomic E-state index is -4.09. The summed E-state index contributed by atoms with van der Waals surface area (Å²) in [5, 5.41) is 0. The fourth-order valence-electron chi connectivity index (χ4n) is 8.41. The minimum absolute atomic E-state index is 0.0544. The molecule has 0 spiro atoms. The van der Waals surface area contributed by atoms with Crippen LogP contribution in [0.4, 0.5) is 5.69 Å². The van der Waals surface area contributed by atoms with E-state index in [2.05, 4.69) is 52.9 Å². The highest BCUT2D eigenvalue weighted by atomic mass is 32.2. The van der Waals surface area contributed by atoms with E-state index in [4.69, 9.17) is 33.2 Å². The van der Waals surface area contributed by atoms with Crippen LogP contribution in [0.3, 0.4) is 0 Å². The summed E-state index contributed by atoms with van der Waals surface area (Å²) in [4.78, 5) is 4.69. The van der Waals surface area contributed by atoms with Gasteiger partial charge >= 0.3 is 0 Å². The maximum absolute atomic E-state index is 14.1. The zero-order valence-electron chi connectivity index (χ0n) is 33.9. The van der Waals surface area contributed by atoms with E-state index in [0.29, 0.717) is 69.4 Å². The summed E-state index contributed by atoms with van der Waals surface area (Å²) in [6, 6.07) is 24.0. The van der Waals surface area contributed by atoms with Crippen LogP contribution < -0.4 is 37.9 Å². The van der Waals surface area contributed by atoms with Crippen molar-refractivity contribution in [3.8, 4) is 51.7 Å². The van der Waals surface area contributed by atoms with Crippen molar-refractivity contribution in [2.24, 2.45) is 0 Å². The Labute approximate surface area is 340 Å². The number of benzene rings is 5. The second-order valence-corrected chi connectivity index (χ2v) is 16.6. The van der Waals surface area contributed by atoms with Gasteiger partial charge in [0.15, 0.2) is 34.5 Å². The van der Waals surface area contributed by atoms with Gasteiger partial charge in [-0.05, 0) is 116 Å². The lowest BCUT2D eigenvalue weighted by Gasteiger charge is -2.37. The van der Waals surface area contributed by atoms with Crippen molar-refractivity contribution in [2.45, 2.75) is 42.7 Å². The lowest BCUT2D eigenvalue weighted by atomic mass is 9.87. The van der Waals surface area contributed by atoms with Crippen LogP contribution in [0.5, 0.6) is 51.7 Å². The van der Waals surface area contributed by atoms with Gasteiger partial charge in [0, 0.05) is 42.9 Å². The lowest BCUT2D eigenvalue weighted by molar-refractivity contribution is 0.220. The molecular weight excluding hydrogens is 759 g/mol. The molecular formula is C45H49N3O9S. The van der Waals surface area contributed by atoms with Crippen LogP contribution in [0.25, 0.3) is 0 Å². The zero-order valence-corrected chi connectivity index (χ0v) is 34.7. The number of likely N-dealkylation sites (N-methyl/N-ethyl adjacent to an activating group) is 2. The largest absolute Gasteiger partial charge is 0.497 e. The highest BCUT2D eigenvalue weighted by Gasteiger charge is 2.35. The van der Waals surface area contributed by atoms with E-state index in [0.717, 1.165) is 49.0 Å². The fraction of sp³-hybridized carbons (Fsp3) is 0.333. The van der Waals surface area contributed by atoms with Gasteiger partial charge in [-0.25, -0.2) is 8.42 Å². The molecule has 0 amide bonds. The first-order valence-corrected chi connectivity index (χ1v) is 20.7. The number of fused-ring (bicyclic) bond motifs is 2. The average Bonchev–Trinajstić information content (AvgIpc) is 3.23. The predicted octanol–water partition coefficient (Wildman–Crippen LogP) is 7.97. The molecule has 4 aliphatic rings. The van der Waals surface area contributed by atoms with Crippen molar-refractivity contribution in [1.82, 2.24) is 9.80 Å². The molecule has 12 nitrogen and oxygen atoms in total. The van der Waals surface area contributed by atoms with Crippen LogP contribution in [-0.2, 0) is 35.7 Å². The van der Waals surface area contributed by atoms with Crippen LogP contribution in [0.15, 0.2) is 83.8 Å². The Balaban J connectivity index is 1.36. The van der Waals surface area contributed by atoms with Crippen LogP contribution >= 0.6 is 0 Å². The molecule has 0 radical (unpaired) electrons. The molecule has 6 bridgehead atoms. The van der Waals surface area contributed by atoms with Crippen molar-refractivity contribution in [2.75, 3.05) is 67.5 Å². The Morgan fingerprint density at radius 3 is 2.03 bits per heavy atom. The summed E-state index contributed by atoms with van der Waals surface area (Å²) in [6.45, 7) is 1.63. The van der Waals surface area contributed by atoms with Gasteiger partial charge in [0.05, 0.1) is 46.1 Å². The number of anilines is 1. The Hall–Kier alpha value is -5.63. The Morgan fingerprint density at radius 2 is 1.33 bits per heavy atom. The Kier molecular flexibility index (Phi) is 10.8. The molecule has 0 saturated carbocycles. The van der Waals surface area contributed by atoms with Crippen molar-refractivity contribution in [1.29, 1.82) is 0 Å². The van der Waals surface area contributed by atoms with Gasteiger partial charge in [-0.3, -0.25) is 14.5 Å². The molecule has 0 saturated heterocycles. The number of ether oxygens (including phenoxy) is 7. The molecule has 1 N–H and O–H groups in total. The van der Waals surface area contributed by atoms with Crippen molar-refractivity contribution < 1.29 is 41.6 Å². The highest BCUT2D eigenvalue weighted by molar-refractivity contribution is 7.92. The maximum atomic E-state index is 14.1. The second kappa shape index (κ2) is 16.0. The van der Waals surface area contributed by atoms with E-state index in [1.165, 1.54) is 37.5 Å². The van der Waals surface area contributed by atoms with Crippen LogP contribution in [0.2, 0.25) is 0 Å². The molecule has 4 aliphatic heterocycles. The van der Waals surface area contributed by atoms with Crippen LogP contribution in [0.1, 0.15) is 45.5 Å². The fourth-order valence-corrected chi connectivity index (χ4v) is 9.54. The molecule has 58 heavy (non-hydrogen) atoms. The van der Waals surface area contributed by atoms with E-state index in [-0.39, 0.29) is 17.0 Å². The molecule has 2 atom stereocenters. The molecule has 5 aromatic carbocycles. The summed E-state index contributed by atoms with van der Waals surface area (Å²) in [6.07, 6.45) is 2.70. The number of nitrogens with one attached hydrogen (secondary N) is 1. The van der Waals surface area contributed by atoms with E-state index >= 15 is 0 Å². The molecule has 0 fully saturated rings.